The molecular formula is C23H28ClFN2O2. The molecule has 2 aromatic carbocycles. The molecule has 0 aromatic heterocycles. The average molecular weight is 419 g/mol. The molecule has 0 unspecified atom stereocenters. The number of nitrogens with one attached hydrogen (secondary N) is 1. The van der Waals surface area contributed by atoms with E-state index in [1.54, 1.807) is 30.0 Å². The van der Waals surface area contributed by atoms with E-state index in [0.29, 0.717) is 23.9 Å². The molecule has 0 heterocycles. The van der Waals surface area contributed by atoms with E-state index >= 15 is 0 Å². The first-order valence-corrected chi connectivity index (χ1v) is 10.2. The van der Waals surface area contributed by atoms with Gasteiger partial charge in [0, 0.05) is 24.5 Å². The molecule has 0 aliphatic carbocycles. The molecule has 0 saturated carbocycles. The van der Waals surface area contributed by atoms with Crippen molar-refractivity contribution >= 4 is 23.4 Å². The number of halogens is 2. The minimum atomic E-state index is -0.641. The molecule has 0 spiro atoms. The van der Waals surface area contributed by atoms with Crippen molar-refractivity contribution in [2.24, 2.45) is 5.92 Å². The third kappa shape index (κ3) is 7.17. The Kier molecular flexibility index (Phi) is 8.65. The number of aryl methyl sites for hydroxylation is 1. The van der Waals surface area contributed by atoms with Crippen LogP contribution in [0.5, 0.6) is 0 Å². The van der Waals surface area contributed by atoms with Crippen LogP contribution in [0.25, 0.3) is 0 Å². The zero-order chi connectivity index (χ0) is 21.4. The number of nitrogens with zero attached hydrogens (tertiary/aromatic N) is 1. The van der Waals surface area contributed by atoms with E-state index in [9.17, 15) is 14.0 Å². The number of amides is 2. The fourth-order valence-corrected chi connectivity index (χ4v) is 3.14. The summed E-state index contributed by atoms with van der Waals surface area (Å²) in [6.45, 7) is 6.51. The Labute approximate surface area is 177 Å². The van der Waals surface area contributed by atoms with Crippen molar-refractivity contribution in [1.29, 1.82) is 0 Å². The summed E-state index contributed by atoms with van der Waals surface area (Å²) in [5.41, 5.74) is 1.65. The molecule has 0 saturated heterocycles. The number of hydrogen-bond acceptors (Lipinski definition) is 2. The van der Waals surface area contributed by atoms with Crippen molar-refractivity contribution in [3.63, 3.8) is 0 Å². The SMILES string of the molecule is CC(C)CNC(=O)[C@H](C)N(Cc1ccc(F)cc1)C(=O)CCc1ccccc1Cl. The summed E-state index contributed by atoms with van der Waals surface area (Å²) in [6.07, 6.45) is 0.714. The van der Waals surface area contributed by atoms with E-state index in [0.717, 1.165) is 11.1 Å². The Bertz CT molecular complexity index is 824. The monoisotopic (exact) mass is 418 g/mol. The minimum Gasteiger partial charge on any atom is -0.354 e. The summed E-state index contributed by atoms with van der Waals surface area (Å²) in [7, 11) is 0. The quantitative estimate of drug-likeness (QED) is 0.646. The van der Waals surface area contributed by atoms with E-state index < -0.39 is 6.04 Å². The lowest BCUT2D eigenvalue weighted by molar-refractivity contribution is -0.140. The standard InChI is InChI=1S/C23H28ClFN2O2/c1-16(2)14-26-23(29)17(3)27(15-18-8-11-20(25)12-9-18)22(28)13-10-19-6-4-5-7-21(19)24/h4-9,11-12,16-17H,10,13-15H2,1-3H3,(H,26,29)/t17-/m0/s1. The second-order valence-corrected chi connectivity index (χ2v) is 7.96. The van der Waals surface area contributed by atoms with Crippen molar-refractivity contribution in [3.05, 3.63) is 70.5 Å². The van der Waals surface area contributed by atoms with Gasteiger partial charge < -0.3 is 10.2 Å². The van der Waals surface area contributed by atoms with E-state index in [-0.39, 0.29) is 30.6 Å². The van der Waals surface area contributed by atoms with Crippen LogP contribution in [-0.4, -0.2) is 29.3 Å². The molecular weight excluding hydrogens is 391 g/mol. The van der Waals surface area contributed by atoms with Gasteiger partial charge in [-0.25, -0.2) is 4.39 Å². The fourth-order valence-electron chi connectivity index (χ4n) is 2.91. The predicted molar refractivity (Wildman–Crippen MR) is 114 cm³/mol. The Hall–Kier alpha value is -2.40. The summed E-state index contributed by atoms with van der Waals surface area (Å²) in [4.78, 5) is 27.1. The van der Waals surface area contributed by atoms with Crippen LogP contribution >= 0.6 is 11.6 Å². The smallest absolute Gasteiger partial charge is 0.242 e. The van der Waals surface area contributed by atoms with Gasteiger partial charge in [-0.3, -0.25) is 9.59 Å². The van der Waals surface area contributed by atoms with Gasteiger partial charge in [0.25, 0.3) is 0 Å². The van der Waals surface area contributed by atoms with Crippen molar-refractivity contribution < 1.29 is 14.0 Å². The maximum absolute atomic E-state index is 13.2. The second kappa shape index (κ2) is 11.0. The number of carbonyl (C=O) groups is 2. The van der Waals surface area contributed by atoms with E-state index in [4.69, 9.17) is 11.6 Å². The van der Waals surface area contributed by atoms with Crippen molar-refractivity contribution in [1.82, 2.24) is 10.2 Å². The van der Waals surface area contributed by atoms with Gasteiger partial charge in [0.15, 0.2) is 0 Å². The van der Waals surface area contributed by atoms with E-state index in [1.807, 2.05) is 32.0 Å². The lowest BCUT2D eigenvalue weighted by atomic mass is 10.1. The predicted octanol–water partition coefficient (Wildman–Crippen LogP) is 4.60. The molecule has 6 heteroatoms. The van der Waals surface area contributed by atoms with Crippen molar-refractivity contribution in [2.75, 3.05) is 6.54 Å². The maximum Gasteiger partial charge on any atom is 0.242 e. The van der Waals surface area contributed by atoms with Crippen LogP contribution in [0, 0.1) is 11.7 Å². The van der Waals surface area contributed by atoms with Crippen molar-refractivity contribution in [2.45, 2.75) is 46.2 Å². The Morgan fingerprint density at radius 2 is 1.72 bits per heavy atom. The van der Waals surface area contributed by atoms with Crippen LogP contribution in [0.15, 0.2) is 48.5 Å². The van der Waals surface area contributed by atoms with Gasteiger partial charge in [-0.1, -0.05) is 55.8 Å². The number of carbonyl (C=O) groups excluding carboxylic acids is 2. The van der Waals surface area contributed by atoms with Gasteiger partial charge in [-0.05, 0) is 48.6 Å². The Morgan fingerprint density at radius 3 is 2.34 bits per heavy atom. The molecule has 0 fully saturated rings. The molecule has 4 nitrogen and oxygen atoms in total. The van der Waals surface area contributed by atoms with Gasteiger partial charge in [0.2, 0.25) is 11.8 Å². The Morgan fingerprint density at radius 1 is 1.07 bits per heavy atom. The normalized spacial score (nSPS) is 11.9. The first-order chi connectivity index (χ1) is 13.8. The Balaban J connectivity index is 2.13. The maximum atomic E-state index is 13.2. The molecule has 29 heavy (non-hydrogen) atoms. The number of rotatable bonds is 9. The van der Waals surface area contributed by atoms with Crippen molar-refractivity contribution in [3.8, 4) is 0 Å². The molecule has 0 aliphatic heterocycles. The molecule has 0 aliphatic rings. The summed E-state index contributed by atoms with van der Waals surface area (Å²) in [5, 5.41) is 3.50. The minimum absolute atomic E-state index is 0.151. The highest BCUT2D eigenvalue weighted by Crippen LogP contribution is 2.18. The van der Waals surface area contributed by atoms with Crippen LogP contribution in [-0.2, 0) is 22.6 Å². The molecule has 2 amide bonds. The molecule has 2 rings (SSSR count). The zero-order valence-corrected chi connectivity index (χ0v) is 17.9. The lowest BCUT2D eigenvalue weighted by Gasteiger charge is -2.29. The van der Waals surface area contributed by atoms with Crippen LogP contribution < -0.4 is 5.32 Å². The summed E-state index contributed by atoms with van der Waals surface area (Å²) in [5.74, 6) is -0.381. The van der Waals surface area contributed by atoms with Gasteiger partial charge in [0.1, 0.15) is 11.9 Å². The van der Waals surface area contributed by atoms with E-state index in [2.05, 4.69) is 5.32 Å². The largest absolute Gasteiger partial charge is 0.354 e. The first kappa shape index (κ1) is 22.9. The molecule has 0 radical (unpaired) electrons. The fraction of sp³-hybridized carbons (Fsp3) is 0.391. The summed E-state index contributed by atoms with van der Waals surface area (Å²) < 4.78 is 13.2. The number of benzene rings is 2. The third-order valence-corrected chi connectivity index (χ3v) is 5.05. The lowest BCUT2D eigenvalue weighted by Crippen LogP contribution is -2.48. The number of hydrogen-bond donors (Lipinski definition) is 1. The summed E-state index contributed by atoms with van der Waals surface area (Å²) in [6, 6.07) is 12.7. The zero-order valence-electron chi connectivity index (χ0n) is 17.1. The molecule has 2 aromatic rings. The van der Waals surface area contributed by atoms with Gasteiger partial charge in [-0.2, -0.15) is 0 Å². The highest BCUT2D eigenvalue weighted by atomic mass is 35.5. The van der Waals surface area contributed by atoms with Crippen LogP contribution in [0.2, 0.25) is 5.02 Å². The van der Waals surface area contributed by atoms with Crippen LogP contribution in [0.3, 0.4) is 0 Å². The molecule has 1 atom stereocenters. The molecule has 0 bridgehead atoms. The summed E-state index contributed by atoms with van der Waals surface area (Å²) >= 11 is 6.19. The molecule has 156 valence electrons. The topological polar surface area (TPSA) is 49.4 Å². The first-order valence-electron chi connectivity index (χ1n) is 9.83. The average Bonchev–Trinajstić information content (AvgIpc) is 2.70. The highest BCUT2D eigenvalue weighted by Gasteiger charge is 2.26. The second-order valence-electron chi connectivity index (χ2n) is 7.55. The van der Waals surface area contributed by atoms with E-state index in [1.165, 1.54) is 12.1 Å². The van der Waals surface area contributed by atoms with Gasteiger partial charge >= 0.3 is 0 Å². The third-order valence-electron chi connectivity index (χ3n) is 4.68. The van der Waals surface area contributed by atoms with Gasteiger partial charge in [-0.15, -0.1) is 0 Å². The van der Waals surface area contributed by atoms with Gasteiger partial charge in [0.05, 0.1) is 0 Å². The molecule has 1 N–H and O–H groups in total. The van der Waals surface area contributed by atoms with Crippen LogP contribution in [0.4, 0.5) is 4.39 Å². The highest BCUT2D eigenvalue weighted by molar-refractivity contribution is 6.31. The van der Waals surface area contributed by atoms with Crippen LogP contribution in [0.1, 0.15) is 38.3 Å².